The third-order valence-corrected chi connectivity index (χ3v) is 7.24. The first-order chi connectivity index (χ1) is 14.3. The van der Waals surface area contributed by atoms with E-state index in [0.29, 0.717) is 5.92 Å². The van der Waals surface area contributed by atoms with Gasteiger partial charge in [-0.3, -0.25) is 4.90 Å². The van der Waals surface area contributed by atoms with Crippen LogP contribution in [0.4, 0.5) is 0 Å². The Balaban J connectivity index is 1.32. The average molecular weight is 423 g/mol. The van der Waals surface area contributed by atoms with E-state index < -0.39 is 0 Å². The molecule has 0 unspecified atom stereocenters. The van der Waals surface area contributed by atoms with Gasteiger partial charge in [0.25, 0.3) is 0 Å². The SMILES string of the molecule is Cc1onc(-c2ccccc2)c1-c1csc(C2CCN(Cc3nccs3)CC2)n1. The lowest BCUT2D eigenvalue weighted by Gasteiger charge is -2.30. The summed E-state index contributed by atoms with van der Waals surface area (Å²) in [6, 6.07) is 10.2. The molecule has 0 atom stereocenters. The van der Waals surface area contributed by atoms with E-state index in [2.05, 4.69) is 37.9 Å². The number of likely N-dealkylation sites (tertiary alicyclic amines) is 1. The largest absolute Gasteiger partial charge is 0.360 e. The number of rotatable bonds is 5. The molecule has 1 saturated heterocycles. The van der Waals surface area contributed by atoms with Crippen molar-refractivity contribution >= 4 is 22.7 Å². The maximum atomic E-state index is 5.53. The van der Waals surface area contributed by atoms with Crippen LogP contribution in [-0.2, 0) is 6.54 Å². The molecule has 0 bridgehead atoms. The third-order valence-electron chi connectivity index (χ3n) is 5.47. The summed E-state index contributed by atoms with van der Waals surface area (Å²) in [6.45, 7) is 5.13. The zero-order valence-electron chi connectivity index (χ0n) is 16.2. The van der Waals surface area contributed by atoms with Gasteiger partial charge in [0, 0.05) is 28.4 Å². The van der Waals surface area contributed by atoms with Gasteiger partial charge in [-0.2, -0.15) is 0 Å². The number of piperidine rings is 1. The normalized spacial score (nSPS) is 15.8. The Morgan fingerprint density at radius 1 is 1.14 bits per heavy atom. The molecule has 0 saturated carbocycles. The molecule has 0 aliphatic carbocycles. The highest BCUT2D eigenvalue weighted by Gasteiger charge is 2.25. The van der Waals surface area contributed by atoms with Crippen LogP contribution in [0.3, 0.4) is 0 Å². The standard InChI is InChI=1S/C22H22N4OS2/c1-15-20(21(25-27-15)16-5-3-2-4-6-16)18-14-29-22(24-18)17-7-10-26(11-8-17)13-19-23-9-12-28-19/h2-6,9,12,14,17H,7-8,10-11,13H2,1H3. The smallest absolute Gasteiger partial charge is 0.143 e. The topological polar surface area (TPSA) is 55.1 Å². The molecule has 0 amide bonds. The van der Waals surface area contributed by atoms with E-state index in [1.165, 1.54) is 10.0 Å². The van der Waals surface area contributed by atoms with Crippen molar-refractivity contribution < 1.29 is 4.52 Å². The average Bonchev–Trinajstić information content (AvgIpc) is 3.50. The second-order valence-electron chi connectivity index (χ2n) is 7.38. The monoisotopic (exact) mass is 422 g/mol. The Morgan fingerprint density at radius 2 is 1.97 bits per heavy atom. The molecule has 5 rings (SSSR count). The molecular weight excluding hydrogens is 400 g/mol. The first kappa shape index (κ1) is 18.7. The summed E-state index contributed by atoms with van der Waals surface area (Å²) < 4.78 is 5.53. The minimum atomic E-state index is 0.529. The predicted molar refractivity (Wildman–Crippen MR) is 117 cm³/mol. The summed E-state index contributed by atoms with van der Waals surface area (Å²) in [5.41, 5.74) is 3.93. The van der Waals surface area contributed by atoms with E-state index in [4.69, 9.17) is 9.51 Å². The van der Waals surface area contributed by atoms with E-state index in [1.54, 1.807) is 22.7 Å². The van der Waals surface area contributed by atoms with Crippen LogP contribution in [0.15, 0.2) is 51.8 Å². The maximum Gasteiger partial charge on any atom is 0.143 e. The molecule has 7 heteroatoms. The van der Waals surface area contributed by atoms with Crippen molar-refractivity contribution in [2.45, 2.75) is 32.2 Å². The number of benzene rings is 1. The third kappa shape index (κ3) is 3.90. The Morgan fingerprint density at radius 3 is 2.72 bits per heavy atom. The lowest BCUT2D eigenvalue weighted by atomic mass is 9.97. The summed E-state index contributed by atoms with van der Waals surface area (Å²) in [4.78, 5) is 11.9. The fourth-order valence-electron chi connectivity index (χ4n) is 3.92. The van der Waals surface area contributed by atoms with E-state index in [-0.39, 0.29) is 0 Å². The molecule has 4 heterocycles. The number of thiazole rings is 2. The molecule has 4 aromatic rings. The van der Waals surface area contributed by atoms with Crippen molar-refractivity contribution in [2.24, 2.45) is 0 Å². The van der Waals surface area contributed by atoms with Crippen molar-refractivity contribution in [2.75, 3.05) is 13.1 Å². The fraction of sp³-hybridized carbons (Fsp3) is 0.318. The first-order valence-electron chi connectivity index (χ1n) is 9.86. The Labute approximate surface area is 178 Å². The minimum Gasteiger partial charge on any atom is -0.360 e. The van der Waals surface area contributed by atoms with Gasteiger partial charge in [-0.25, -0.2) is 9.97 Å². The van der Waals surface area contributed by atoms with Gasteiger partial charge >= 0.3 is 0 Å². The number of hydrogen-bond acceptors (Lipinski definition) is 7. The van der Waals surface area contributed by atoms with Crippen LogP contribution in [0.2, 0.25) is 0 Å². The Bertz CT molecular complexity index is 1060. The predicted octanol–water partition coefficient (Wildman–Crippen LogP) is 5.61. The van der Waals surface area contributed by atoms with Crippen LogP contribution in [-0.4, -0.2) is 33.1 Å². The molecule has 1 fully saturated rings. The summed E-state index contributed by atoms with van der Waals surface area (Å²) in [7, 11) is 0. The summed E-state index contributed by atoms with van der Waals surface area (Å²) in [5.74, 6) is 1.35. The quantitative estimate of drug-likeness (QED) is 0.418. The fourth-order valence-corrected chi connectivity index (χ4v) is 5.56. The molecule has 0 radical (unpaired) electrons. The number of hydrogen-bond donors (Lipinski definition) is 0. The van der Waals surface area contributed by atoms with E-state index in [9.17, 15) is 0 Å². The molecule has 3 aromatic heterocycles. The van der Waals surface area contributed by atoms with Crippen molar-refractivity contribution in [1.29, 1.82) is 0 Å². The van der Waals surface area contributed by atoms with Gasteiger partial charge in [-0.1, -0.05) is 35.5 Å². The zero-order chi connectivity index (χ0) is 19.6. The van der Waals surface area contributed by atoms with Gasteiger partial charge in [-0.05, 0) is 32.9 Å². The van der Waals surface area contributed by atoms with E-state index in [1.807, 2.05) is 31.3 Å². The van der Waals surface area contributed by atoms with Gasteiger partial charge in [0.1, 0.15) is 16.5 Å². The molecule has 0 N–H and O–H groups in total. The lowest BCUT2D eigenvalue weighted by Crippen LogP contribution is -2.32. The second-order valence-corrected chi connectivity index (χ2v) is 9.24. The van der Waals surface area contributed by atoms with Crippen LogP contribution in [0, 0.1) is 6.92 Å². The molecular formula is C22H22N4OS2. The molecule has 148 valence electrons. The van der Waals surface area contributed by atoms with Crippen LogP contribution in [0.1, 0.15) is 34.5 Å². The van der Waals surface area contributed by atoms with Crippen LogP contribution in [0.5, 0.6) is 0 Å². The highest BCUT2D eigenvalue weighted by atomic mass is 32.1. The van der Waals surface area contributed by atoms with Crippen LogP contribution < -0.4 is 0 Å². The number of aryl methyl sites for hydroxylation is 1. The maximum absolute atomic E-state index is 5.53. The highest BCUT2D eigenvalue weighted by Crippen LogP contribution is 2.38. The van der Waals surface area contributed by atoms with Gasteiger partial charge in [0.05, 0.1) is 22.8 Å². The second kappa shape index (κ2) is 8.18. The van der Waals surface area contributed by atoms with Crippen LogP contribution >= 0.6 is 22.7 Å². The Kier molecular flexibility index (Phi) is 5.26. The van der Waals surface area contributed by atoms with Crippen molar-refractivity contribution in [3.8, 4) is 22.5 Å². The molecule has 1 aromatic carbocycles. The van der Waals surface area contributed by atoms with Gasteiger partial charge in [0.15, 0.2) is 0 Å². The molecule has 1 aliphatic heterocycles. The zero-order valence-corrected chi connectivity index (χ0v) is 17.9. The molecule has 0 spiro atoms. The van der Waals surface area contributed by atoms with Gasteiger partial charge in [0.2, 0.25) is 0 Å². The summed E-state index contributed by atoms with van der Waals surface area (Å²) >= 11 is 3.50. The molecule has 5 nitrogen and oxygen atoms in total. The van der Waals surface area contributed by atoms with Crippen molar-refractivity contribution in [3.05, 3.63) is 63.1 Å². The first-order valence-corrected chi connectivity index (χ1v) is 11.6. The van der Waals surface area contributed by atoms with E-state index >= 15 is 0 Å². The van der Waals surface area contributed by atoms with E-state index in [0.717, 1.165) is 60.8 Å². The molecule has 29 heavy (non-hydrogen) atoms. The van der Waals surface area contributed by atoms with Gasteiger partial charge < -0.3 is 4.52 Å². The molecule has 1 aliphatic rings. The van der Waals surface area contributed by atoms with Gasteiger partial charge in [-0.15, -0.1) is 22.7 Å². The number of nitrogens with zero attached hydrogens (tertiary/aromatic N) is 4. The van der Waals surface area contributed by atoms with Crippen LogP contribution in [0.25, 0.3) is 22.5 Å². The lowest BCUT2D eigenvalue weighted by molar-refractivity contribution is 0.204. The summed E-state index contributed by atoms with van der Waals surface area (Å²) in [6.07, 6.45) is 4.18. The minimum absolute atomic E-state index is 0.529. The highest BCUT2D eigenvalue weighted by molar-refractivity contribution is 7.10. The Hall–Kier alpha value is -2.35. The number of aromatic nitrogens is 3. The van der Waals surface area contributed by atoms with Crippen molar-refractivity contribution in [3.63, 3.8) is 0 Å². The summed E-state index contributed by atoms with van der Waals surface area (Å²) in [5, 5.41) is 10.9. The van der Waals surface area contributed by atoms with Crippen molar-refractivity contribution in [1.82, 2.24) is 20.0 Å².